The number of hydrogen-bond acceptors (Lipinski definition) is 4. The third-order valence-corrected chi connectivity index (χ3v) is 6.28. The minimum atomic E-state index is -3.15. The van der Waals surface area contributed by atoms with Gasteiger partial charge in [0.2, 0.25) is 10.0 Å². The van der Waals surface area contributed by atoms with Crippen molar-refractivity contribution < 1.29 is 8.42 Å². The largest absolute Gasteiger partial charge is 0.309 e. The Labute approximate surface area is 129 Å². The normalized spacial score (nSPS) is 21.5. The van der Waals surface area contributed by atoms with E-state index in [1.54, 1.807) is 0 Å². The van der Waals surface area contributed by atoms with Crippen LogP contribution in [0.5, 0.6) is 0 Å². The molecule has 2 aromatic rings. The number of aromatic nitrogens is 3. The highest BCUT2D eigenvalue weighted by atomic mass is 32.2. The number of sulfonamides is 1. The Bertz CT molecular complexity index is 781. The number of nitrogens with one attached hydrogen (secondary N) is 1. The number of fused-ring (bicyclic) bond motifs is 1. The van der Waals surface area contributed by atoms with Gasteiger partial charge in [0.25, 0.3) is 0 Å². The number of aryl methyl sites for hydroxylation is 1. The van der Waals surface area contributed by atoms with Crippen molar-refractivity contribution in [3.63, 3.8) is 0 Å². The number of nitrogens with zero attached hydrogens (tertiary/aromatic N) is 3. The molecule has 1 fully saturated rings. The van der Waals surface area contributed by atoms with E-state index in [0.717, 1.165) is 42.9 Å². The van der Waals surface area contributed by atoms with Gasteiger partial charge >= 0.3 is 0 Å². The monoisotopic (exact) mass is 318 g/mol. The van der Waals surface area contributed by atoms with Gasteiger partial charge in [0.15, 0.2) is 5.82 Å². The summed E-state index contributed by atoms with van der Waals surface area (Å²) < 4.78 is 29.1. The van der Waals surface area contributed by atoms with E-state index in [1.165, 1.54) is 0 Å². The molecule has 0 amide bonds. The second-order valence-corrected chi connectivity index (χ2v) is 8.01. The Morgan fingerprint density at radius 1 is 1.09 bits per heavy atom. The molecule has 0 saturated heterocycles. The number of hydrogen-bond donors (Lipinski definition) is 1. The van der Waals surface area contributed by atoms with Gasteiger partial charge in [-0.15, -0.1) is 10.2 Å². The van der Waals surface area contributed by atoms with E-state index in [0.29, 0.717) is 6.54 Å². The second kappa shape index (κ2) is 5.17. The summed E-state index contributed by atoms with van der Waals surface area (Å²) >= 11 is 0. The fraction of sp³-hybridized carbons (Fsp3) is 0.467. The van der Waals surface area contributed by atoms with Crippen molar-refractivity contribution in [1.82, 2.24) is 19.5 Å². The van der Waals surface area contributed by atoms with Gasteiger partial charge in [-0.2, -0.15) is 0 Å². The molecule has 6 nitrogen and oxygen atoms in total. The molecule has 22 heavy (non-hydrogen) atoms. The minimum absolute atomic E-state index is 0.0726. The first-order chi connectivity index (χ1) is 10.6. The summed E-state index contributed by atoms with van der Waals surface area (Å²) in [4.78, 5) is 0. The molecule has 1 unspecified atom stereocenters. The van der Waals surface area contributed by atoms with Gasteiger partial charge < -0.3 is 4.57 Å². The Morgan fingerprint density at radius 2 is 1.86 bits per heavy atom. The van der Waals surface area contributed by atoms with E-state index in [9.17, 15) is 8.42 Å². The lowest BCUT2D eigenvalue weighted by atomic mass is 10.1. The molecule has 1 saturated carbocycles. The van der Waals surface area contributed by atoms with Crippen molar-refractivity contribution in [3.8, 4) is 11.4 Å². The fourth-order valence-corrected chi connectivity index (χ4v) is 4.54. The standard InChI is InChI=1S/C15H18N4O2S/c20-22(21,13-7-8-13)18-12-6-9-14-16-17-15(19(14)10-12)11-4-2-1-3-5-11/h1-5,12-13,18H,6-10H2. The smallest absolute Gasteiger partial charge is 0.214 e. The molecule has 1 aliphatic heterocycles. The molecule has 0 spiro atoms. The fourth-order valence-electron chi connectivity index (χ4n) is 2.93. The summed E-state index contributed by atoms with van der Waals surface area (Å²) in [5.41, 5.74) is 1.01. The highest BCUT2D eigenvalue weighted by Gasteiger charge is 2.37. The number of benzene rings is 1. The molecule has 1 aromatic heterocycles. The first-order valence-electron chi connectivity index (χ1n) is 7.62. The van der Waals surface area contributed by atoms with Crippen molar-refractivity contribution in [2.45, 2.75) is 43.5 Å². The van der Waals surface area contributed by atoms with Crippen LogP contribution >= 0.6 is 0 Å². The summed E-state index contributed by atoms with van der Waals surface area (Å²) in [6, 6.07) is 9.81. The van der Waals surface area contributed by atoms with E-state index < -0.39 is 10.0 Å². The van der Waals surface area contributed by atoms with Crippen LogP contribution in [-0.4, -0.2) is 34.5 Å². The molecule has 4 rings (SSSR count). The van der Waals surface area contributed by atoms with Gasteiger partial charge in [0, 0.05) is 24.6 Å². The average molecular weight is 318 g/mol. The molecule has 1 aliphatic carbocycles. The van der Waals surface area contributed by atoms with Crippen LogP contribution in [0.2, 0.25) is 0 Å². The highest BCUT2D eigenvalue weighted by Crippen LogP contribution is 2.29. The van der Waals surface area contributed by atoms with Crippen LogP contribution in [0, 0.1) is 0 Å². The SMILES string of the molecule is O=S(=O)(NC1CCc2nnc(-c3ccccc3)n2C1)C1CC1. The van der Waals surface area contributed by atoms with Crippen LogP contribution in [0.15, 0.2) is 30.3 Å². The van der Waals surface area contributed by atoms with Gasteiger partial charge in [-0.25, -0.2) is 13.1 Å². The van der Waals surface area contributed by atoms with Crippen molar-refractivity contribution in [2.75, 3.05) is 0 Å². The first-order valence-corrected chi connectivity index (χ1v) is 9.17. The molecule has 2 heterocycles. The van der Waals surface area contributed by atoms with Crippen LogP contribution in [0.25, 0.3) is 11.4 Å². The first kappa shape index (κ1) is 13.9. The van der Waals surface area contributed by atoms with Crippen LogP contribution < -0.4 is 4.72 Å². The topological polar surface area (TPSA) is 76.9 Å². The molecule has 0 bridgehead atoms. The highest BCUT2D eigenvalue weighted by molar-refractivity contribution is 7.90. The molecule has 7 heteroatoms. The Kier molecular flexibility index (Phi) is 3.27. The zero-order valence-corrected chi connectivity index (χ0v) is 13.0. The zero-order chi connectivity index (χ0) is 15.2. The third-order valence-electron chi connectivity index (χ3n) is 4.27. The number of rotatable bonds is 4. The van der Waals surface area contributed by atoms with Gasteiger partial charge in [0.05, 0.1) is 5.25 Å². The van der Waals surface area contributed by atoms with Crippen molar-refractivity contribution >= 4 is 10.0 Å². The summed E-state index contributed by atoms with van der Waals surface area (Å²) in [5, 5.41) is 8.35. The van der Waals surface area contributed by atoms with Gasteiger partial charge in [0.1, 0.15) is 5.82 Å². The molecule has 116 valence electrons. The predicted molar refractivity (Wildman–Crippen MR) is 82.6 cm³/mol. The minimum Gasteiger partial charge on any atom is -0.309 e. The van der Waals surface area contributed by atoms with Crippen molar-refractivity contribution in [2.24, 2.45) is 0 Å². The van der Waals surface area contributed by atoms with E-state index in [-0.39, 0.29) is 11.3 Å². The Morgan fingerprint density at radius 3 is 2.59 bits per heavy atom. The molecule has 1 N–H and O–H groups in total. The van der Waals surface area contributed by atoms with Crippen LogP contribution in [-0.2, 0) is 23.0 Å². The van der Waals surface area contributed by atoms with Gasteiger partial charge in [-0.3, -0.25) is 0 Å². The van der Waals surface area contributed by atoms with E-state index >= 15 is 0 Å². The maximum atomic E-state index is 12.1. The quantitative estimate of drug-likeness (QED) is 0.923. The summed E-state index contributed by atoms with van der Waals surface area (Å²) in [5.74, 6) is 1.74. The Balaban J connectivity index is 1.59. The molecule has 2 aliphatic rings. The lowest BCUT2D eigenvalue weighted by Gasteiger charge is -2.25. The van der Waals surface area contributed by atoms with Crippen LogP contribution in [0.1, 0.15) is 25.1 Å². The Hall–Kier alpha value is -1.73. The van der Waals surface area contributed by atoms with E-state index in [2.05, 4.69) is 14.9 Å². The van der Waals surface area contributed by atoms with Crippen molar-refractivity contribution in [3.05, 3.63) is 36.2 Å². The molecule has 0 radical (unpaired) electrons. The zero-order valence-electron chi connectivity index (χ0n) is 12.1. The average Bonchev–Trinajstić information content (AvgIpc) is 3.30. The molecule has 1 atom stereocenters. The van der Waals surface area contributed by atoms with Crippen LogP contribution in [0.3, 0.4) is 0 Å². The third kappa shape index (κ3) is 2.55. The molecular formula is C15H18N4O2S. The maximum absolute atomic E-state index is 12.1. The van der Waals surface area contributed by atoms with Crippen molar-refractivity contribution in [1.29, 1.82) is 0 Å². The molecule has 1 aromatic carbocycles. The molecular weight excluding hydrogens is 300 g/mol. The maximum Gasteiger partial charge on any atom is 0.214 e. The summed E-state index contributed by atoms with van der Waals surface area (Å²) in [6.45, 7) is 0.596. The summed E-state index contributed by atoms with van der Waals surface area (Å²) in [7, 11) is -3.15. The van der Waals surface area contributed by atoms with Gasteiger partial charge in [-0.1, -0.05) is 30.3 Å². The second-order valence-electron chi connectivity index (χ2n) is 6.01. The lowest BCUT2D eigenvalue weighted by molar-refractivity contribution is 0.423. The van der Waals surface area contributed by atoms with Gasteiger partial charge in [-0.05, 0) is 19.3 Å². The van der Waals surface area contributed by atoms with E-state index in [1.807, 2.05) is 34.9 Å². The lowest BCUT2D eigenvalue weighted by Crippen LogP contribution is -2.42. The predicted octanol–water partition coefficient (Wildman–Crippen LogP) is 1.34. The summed E-state index contributed by atoms with van der Waals surface area (Å²) in [6.07, 6.45) is 3.10. The van der Waals surface area contributed by atoms with Crippen LogP contribution in [0.4, 0.5) is 0 Å². The van der Waals surface area contributed by atoms with E-state index in [4.69, 9.17) is 0 Å².